The molecule has 0 unspecified atom stereocenters. The molecule has 4 rings (SSSR count). The van der Waals surface area contributed by atoms with Crippen molar-refractivity contribution in [2.45, 2.75) is 52.6 Å². The third-order valence-electron chi connectivity index (χ3n) is 5.41. The number of pyridine rings is 1. The molecule has 0 saturated heterocycles. The predicted molar refractivity (Wildman–Crippen MR) is 117 cm³/mol. The second-order valence-electron chi connectivity index (χ2n) is 8.12. The molecule has 0 fully saturated rings. The van der Waals surface area contributed by atoms with E-state index in [0.29, 0.717) is 24.7 Å². The van der Waals surface area contributed by atoms with Crippen molar-refractivity contribution >= 4 is 12.0 Å². The van der Waals surface area contributed by atoms with Gasteiger partial charge in [0.1, 0.15) is 0 Å². The molecule has 8 nitrogen and oxygen atoms in total. The van der Waals surface area contributed by atoms with Gasteiger partial charge in [0.05, 0.1) is 29.8 Å². The summed E-state index contributed by atoms with van der Waals surface area (Å²) in [6.07, 6.45) is 9.32. The molecule has 3 heterocycles. The van der Waals surface area contributed by atoms with Crippen LogP contribution < -0.4 is 5.32 Å². The summed E-state index contributed by atoms with van der Waals surface area (Å²) >= 11 is 0. The van der Waals surface area contributed by atoms with Gasteiger partial charge in [-0.1, -0.05) is 36.8 Å². The number of nitrogens with one attached hydrogen (secondary N) is 1. The molecule has 0 aromatic carbocycles. The Hall–Kier alpha value is -3.42. The number of aromatic nitrogens is 6. The molecule has 1 aliphatic rings. The van der Waals surface area contributed by atoms with Gasteiger partial charge in [0.15, 0.2) is 5.69 Å². The lowest BCUT2D eigenvalue weighted by atomic mass is 10.0. The maximum Gasteiger partial charge on any atom is 0.273 e. The van der Waals surface area contributed by atoms with Crippen LogP contribution >= 0.6 is 0 Å². The SMILES string of the molecule is CC(C)C1=Cc2cc(CCCCn3cc(C(=O)NCc4ccccn4)nn3)nnc2C1. The number of aryl methyl sites for hydroxylation is 2. The summed E-state index contributed by atoms with van der Waals surface area (Å²) in [6, 6.07) is 7.76. The van der Waals surface area contributed by atoms with Gasteiger partial charge in [-0.25, -0.2) is 0 Å². The molecule has 1 amide bonds. The fourth-order valence-corrected chi connectivity index (χ4v) is 3.53. The lowest BCUT2D eigenvalue weighted by Crippen LogP contribution is -2.23. The number of unbranched alkanes of at least 4 members (excludes halogenated alkanes) is 1. The third kappa shape index (κ3) is 5.39. The van der Waals surface area contributed by atoms with Gasteiger partial charge in [-0.05, 0) is 48.9 Å². The van der Waals surface area contributed by atoms with E-state index < -0.39 is 0 Å². The number of amides is 1. The van der Waals surface area contributed by atoms with E-state index in [-0.39, 0.29) is 5.91 Å². The van der Waals surface area contributed by atoms with E-state index in [1.807, 2.05) is 18.2 Å². The summed E-state index contributed by atoms with van der Waals surface area (Å²) in [4.78, 5) is 16.4. The smallest absolute Gasteiger partial charge is 0.273 e. The zero-order valence-electron chi connectivity index (χ0n) is 18.0. The van der Waals surface area contributed by atoms with Crippen LogP contribution in [0.25, 0.3) is 6.08 Å². The first-order valence-electron chi connectivity index (χ1n) is 10.7. The number of fused-ring (bicyclic) bond motifs is 1. The Balaban J connectivity index is 1.22. The molecule has 0 radical (unpaired) electrons. The molecule has 0 bridgehead atoms. The van der Waals surface area contributed by atoms with E-state index in [0.717, 1.165) is 42.8 Å². The lowest BCUT2D eigenvalue weighted by molar-refractivity contribution is 0.0945. The highest BCUT2D eigenvalue weighted by molar-refractivity contribution is 5.91. The van der Waals surface area contributed by atoms with Gasteiger partial charge in [0.2, 0.25) is 0 Å². The molecule has 1 aliphatic carbocycles. The van der Waals surface area contributed by atoms with Crippen molar-refractivity contribution in [3.63, 3.8) is 0 Å². The Morgan fingerprint density at radius 2 is 2.06 bits per heavy atom. The lowest BCUT2D eigenvalue weighted by Gasteiger charge is -2.04. The molecular weight excluding hydrogens is 390 g/mol. The van der Waals surface area contributed by atoms with Crippen molar-refractivity contribution in [3.05, 3.63) is 70.6 Å². The first-order valence-corrected chi connectivity index (χ1v) is 10.7. The van der Waals surface area contributed by atoms with E-state index in [9.17, 15) is 4.79 Å². The van der Waals surface area contributed by atoms with Gasteiger partial charge >= 0.3 is 0 Å². The van der Waals surface area contributed by atoms with Gasteiger partial charge < -0.3 is 5.32 Å². The van der Waals surface area contributed by atoms with Crippen LogP contribution in [0.1, 0.15) is 59.8 Å². The zero-order chi connectivity index (χ0) is 21.6. The Morgan fingerprint density at radius 3 is 2.87 bits per heavy atom. The van der Waals surface area contributed by atoms with Crippen molar-refractivity contribution in [2.24, 2.45) is 5.92 Å². The highest BCUT2D eigenvalue weighted by Gasteiger charge is 2.17. The average Bonchev–Trinajstić information content (AvgIpc) is 3.43. The van der Waals surface area contributed by atoms with Crippen molar-refractivity contribution in [1.29, 1.82) is 0 Å². The fraction of sp³-hybridized carbons (Fsp3) is 0.391. The fourth-order valence-electron chi connectivity index (χ4n) is 3.53. The van der Waals surface area contributed by atoms with Crippen LogP contribution in [0.15, 0.2) is 42.2 Å². The molecule has 8 heteroatoms. The number of nitrogens with zero attached hydrogens (tertiary/aromatic N) is 6. The minimum Gasteiger partial charge on any atom is -0.345 e. The van der Waals surface area contributed by atoms with Gasteiger partial charge in [-0.3, -0.25) is 14.5 Å². The van der Waals surface area contributed by atoms with Crippen LogP contribution in [0.3, 0.4) is 0 Å². The minimum atomic E-state index is -0.251. The zero-order valence-corrected chi connectivity index (χ0v) is 18.0. The van der Waals surface area contributed by atoms with Crippen molar-refractivity contribution in [2.75, 3.05) is 0 Å². The minimum absolute atomic E-state index is 0.251. The van der Waals surface area contributed by atoms with Crippen LogP contribution in [-0.2, 0) is 25.9 Å². The number of hydrogen-bond acceptors (Lipinski definition) is 6. The molecule has 0 atom stereocenters. The van der Waals surface area contributed by atoms with Crippen molar-refractivity contribution in [3.8, 4) is 0 Å². The predicted octanol–water partition coefficient (Wildman–Crippen LogP) is 3.01. The highest BCUT2D eigenvalue weighted by atomic mass is 16.2. The van der Waals surface area contributed by atoms with Gasteiger partial charge in [-0.15, -0.1) is 5.10 Å². The van der Waals surface area contributed by atoms with E-state index in [1.165, 1.54) is 11.1 Å². The number of hydrogen-bond donors (Lipinski definition) is 1. The van der Waals surface area contributed by atoms with Crippen LogP contribution in [0, 0.1) is 5.92 Å². The second-order valence-corrected chi connectivity index (χ2v) is 8.12. The van der Waals surface area contributed by atoms with Gasteiger partial charge in [-0.2, -0.15) is 10.2 Å². The number of rotatable bonds is 9. The number of allylic oxidation sites excluding steroid dienone is 1. The van der Waals surface area contributed by atoms with E-state index >= 15 is 0 Å². The molecule has 1 N–H and O–H groups in total. The Kier molecular flexibility index (Phi) is 6.45. The summed E-state index contributed by atoms with van der Waals surface area (Å²) in [6.45, 7) is 5.50. The van der Waals surface area contributed by atoms with Gasteiger partial charge in [0.25, 0.3) is 5.91 Å². The molecule has 0 spiro atoms. The Labute approximate surface area is 181 Å². The number of carbonyl (C=O) groups excluding carboxylic acids is 1. The van der Waals surface area contributed by atoms with E-state index in [2.05, 4.69) is 56.8 Å². The second kappa shape index (κ2) is 9.59. The van der Waals surface area contributed by atoms with Crippen LogP contribution in [0.4, 0.5) is 0 Å². The van der Waals surface area contributed by atoms with Crippen molar-refractivity contribution in [1.82, 2.24) is 35.5 Å². The molecule has 0 aliphatic heterocycles. The van der Waals surface area contributed by atoms with Crippen LogP contribution in [0.2, 0.25) is 0 Å². The molecule has 0 saturated carbocycles. The summed E-state index contributed by atoms with van der Waals surface area (Å²) in [5.74, 6) is 0.293. The first-order chi connectivity index (χ1) is 15.1. The topological polar surface area (TPSA) is 98.5 Å². The highest BCUT2D eigenvalue weighted by Crippen LogP contribution is 2.28. The summed E-state index contributed by atoms with van der Waals surface area (Å²) in [5, 5.41) is 19.6. The monoisotopic (exact) mass is 417 g/mol. The number of carbonyl (C=O) groups is 1. The summed E-state index contributed by atoms with van der Waals surface area (Å²) < 4.78 is 1.71. The van der Waals surface area contributed by atoms with Crippen LogP contribution in [-0.4, -0.2) is 36.1 Å². The van der Waals surface area contributed by atoms with Crippen LogP contribution in [0.5, 0.6) is 0 Å². The molecule has 160 valence electrons. The summed E-state index contributed by atoms with van der Waals surface area (Å²) in [5.41, 5.74) is 5.86. The Bertz CT molecular complexity index is 1070. The van der Waals surface area contributed by atoms with Gasteiger partial charge in [0, 0.05) is 19.2 Å². The largest absolute Gasteiger partial charge is 0.345 e. The maximum absolute atomic E-state index is 12.2. The molecule has 3 aromatic heterocycles. The summed E-state index contributed by atoms with van der Waals surface area (Å²) in [7, 11) is 0. The molecular formula is C23H27N7O. The third-order valence-corrected chi connectivity index (χ3v) is 5.41. The Morgan fingerprint density at radius 1 is 1.16 bits per heavy atom. The first kappa shape index (κ1) is 20.8. The maximum atomic E-state index is 12.2. The quantitative estimate of drug-likeness (QED) is 0.538. The standard InChI is InChI=1S/C23H27N7O/c1-16(2)17-11-18-12-19(26-27-21(18)13-17)7-4-6-10-30-15-22(28-29-30)23(31)25-14-20-8-3-5-9-24-20/h3,5,8-9,11-12,15-16H,4,6-7,10,13-14H2,1-2H3,(H,25,31). The normalized spacial score (nSPS) is 12.7. The molecule has 31 heavy (non-hydrogen) atoms. The average molecular weight is 418 g/mol. The van der Waals surface area contributed by atoms with E-state index in [1.54, 1.807) is 17.1 Å². The van der Waals surface area contributed by atoms with Crippen molar-refractivity contribution < 1.29 is 4.79 Å². The van der Waals surface area contributed by atoms with E-state index in [4.69, 9.17) is 0 Å². The molecule has 3 aromatic rings.